The average Bonchev–Trinajstić information content (AvgIpc) is 2.19. The summed E-state index contributed by atoms with van der Waals surface area (Å²) in [7, 11) is 0. The lowest BCUT2D eigenvalue weighted by molar-refractivity contribution is 0.145. The van der Waals surface area contributed by atoms with E-state index in [-0.39, 0.29) is 0 Å². The summed E-state index contributed by atoms with van der Waals surface area (Å²) in [6.45, 7) is 4.55. The van der Waals surface area contributed by atoms with Crippen LogP contribution in [-0.2, 0) is 4.74 Å². The molecule has 1 unspecified atom stereocenters. The third-order valence-electron chi connectivity index (χ3n) is 1.05. The summed E-state index contributed by atoms with van der Waals surface area (Å²) in [5.74, 6) is 1.15. The molecule has 0 N–H and O–H groups in total. The first-order valence-corrected chi connectivity index (χ1v) is 3.82. The lowest BCUT2D eigenvalue weighted by Crippen LogP contribution is -1.97. The second-order valence-electron chi connectivity index (χ2n) is 1.70. The molecular formula is C6H10OS. The predicted molar refractivity (Wildman–Crippen MR) is 37.0 cm³/mol. The Kier molecular flexibility index (Phi) is 2.43. The summed E-state index contributed by atoms with van der Waals surface area (Å²) >= 11 is 1.87. The second kappa shape index (κ2) is 3.15. The summed E-state index contributed by atoms with van der Waals surface area (Å²) in [6.07, 6.45) is 2.90. The molecule has 1 nitrogen and oxygen atoms in total. The fraction of sp³-hybridized carbons (Fsp3) is 0.667. The minimum atomic E-state index is 0.410. The highest BCUT2D eigenvalue weighted by Crippen LogP contribution is 2.22. The van der Waals surface area contributed by atoms with Crippen molar-refractivity contribution < 1.29 is 4.74 Å². The molecule has 2 heteroatoms. The van der Waals surface area contributed by atoms with Gasteiger partial charge in [-0.25, -0.2) is 0 Å². The monoisotopic (exact) mass is 130 g/mol. The average molecular weight is 130 g/mol. The Balaban J connectivity index is 2.14. The van der Waals surface area contributed by atoms with Crippen LogP contribution in [0.25, 0.3) is 0 Å². The van der Waals surface area contributed by atoms with Gasteiger partial charge in [0, 0.05) is 12.2 Å². The van der Waals surface area contributed by atoms with Crippen molar-refractivity contribution in [1.82, 2.24) is 0 Å². The van der Waals surface area contributed by atoms with E-state index in [0.717, 1.165) is 18.8 Å². The third kappa shape index (κ3) is 1.53. The fourth-order valence-corrected chi connectivity index (χ4v) is 1.60. The van der Waals surface area contributed by atoms with Gasteiger partial charge in [0.15, 0.2) is 0 Å². The van der Waals surface area contributed by atoms with E-state index in [1.165, 1.54) is 0 Å². The summed E-state index contributed by atoms with van der Waals surface area (Å²) in [4.78, 5) is 0. The van der Waals surface area contributed by atoms with E-state index < -0.39 is 0 Å². The van der Waals surface area contributed by atoms with Gasteiger partial charge in [-0.1, -0.05) is 6.08 Å². The maximum Gasteiger partial charge on any atom is 0.106 e. The van der Waals surface area contributed by atoms with Gasteiger partial charge in [0.25, 0.3) is 0 Å². The molecule has 0 aromatic carbocycles. The third-order valence-corrected chi connectivity index (χ3v) is 2.15. The van der Waals surface area contributed by atoms with Crippen molar-refractivity contribution in [3.63, 3.8) is 0 Å². The van der Waals surface area contributed by atoms with Crippen LogP contribution in [0.3, 0.4) is 0 Å². The molecular weight excluding hydrogens is 120 g/mol. The lowest BCUT2D eigenvalue weighted by Gasteiger charge is -2.01. The van der Waals surface area contributed by atoms with E-state index in [1.54, 1.807) is 0 Å². The topological polar surface area (TPSA) is 9.23 Å². The van der Waals surface area contributed by atoms with Crippen LogP contribution in [0.2, 0.25) is 0 Å². The Bertz CT molecular complexity index is 76.6. The van der Waals surface area contributed by atoms with Gasteiger partial charge in [0.05, 0.1) is 6.61 Å². The summed E-state index contributed by atoms with van der Waals surface area (Å²) in [5, 5.41) is 0. The molecule has 1 rings (SSSR count). The second-order valence-corrected chi connectivity index (χ2v) is 2.96. The summed E-state index contributed by atoms with van der Waals surface area (Å²) in [6, 6.07) is 0. The number of ether oxygens (including phenoxy) is 1. The molecule has 1 heterocycles. The Morgan fingerprint density at radius 1 is 1.88 bits per heavy atom. The highest BCUT2D eigenvalue weighted by Gasteiger charge is 2.12. The molecule has 46 valence electrons. The number of hydrogen-bond acceptors (Lipinski definition) is 2. The van der Waals surface area contributed by atoms with Gasteiger partial charge >= 0.3 is 0 Å². The maximum absolute atomic E-state index is 5.29. The molecule has 0 aromatic rings. The van der Waals surface area contributed by atoms with Crippen molar-refractivity contribution in [3.8, 4) is 0 Å². The highest BCUT2D eigenvalue weighted by atomic mass is 32.2. The molecule has 1 fully saturated rings. The lowest BCUT2D eigenvalue weighted by atomic mass is 10.4. The molecule has 1 saturated heterocycles. The molecule has 1 aliphatic rings. The minimum absolute atomic E-state index is 0.410. The molecule has 0 amide bonds. The van der Waals surface area contributed by atoms with Gasteiger partial charge in [-0.15, -0.1) is 18.3 Å². The molecule has 0 aliphatic carbocycles. The van der Waals surface area contributed by atoms with Gasteiger partial charge in [-0.05, 0) is 0 Å². The van der Waals surface area contributed by atoms with Crippen LogP contribution in [0.15, 0.2) is 12.7 Å². The minimum Gasteiger partial charge on any atom is -0.366 e. The number of thioether (sulfide) groups is 1. The van der Waals surface area contributed by atoms with Crippen molar-refractivity contribution in [1.29, 1.82) is 0 Å². The van der Waals surface area contributed by atoms with E-state index in [4.69, 9.17) is 4.74 Å². The van der Waals surface area contributed by atoms with Crippen LogP contribution < -0.4 is 0 Å². The van der Waals surface area contributed by atoms with E-state index in [9.17, 15) is 0 Å². The first kappa shape index (κ1) is 6.17. The Morgan fingerprint density at radius 2 is 2.75 bits per heavy atom. The molecule has 0 aromatic heterocycles. The van der Waals surface area contributed by atoms with Crippen LogP contribution >= 0.6 is 11.8 Å². The molecule has 0 bridgehead atoms. The highest BCUT2D eigenvalue weighted by molar-refractivity contribution is 7.99. The molecule has 1 aliphatic heterocycles. The summed E-state index contributed by atoms with van der Waals surface area (Å²) in [5.41, 5.74) is 0.410. The normalized spacial score (nSPS) is 28.2. The summed E-state index contributed by atoms with van der Waals surface area (Å²) < 4.78 is 5.29. The van der Waals surface area contributed by atoms with Crippen LogP contribution in [0.1, 0.15) is 6.42 Å². The van der Waals surface area contributed by atoms with Gasteiger partial charge in [-0.2, -0.15) is 0 Å². The van der Waals surface area contributed by atoms with E-state index in [0.29, 0.717) is 5.44 Å². The molecule has 0 radical (unpaired) electrons. The van der Waals surface area contributed by atoms with Crippen LogP contribution in [0.5, 0.6) is 0 Å². The van der Waals surface area contributed by atoms with Crippen LogP contribution in [0.4, 0.5) is 0 Å². The smallest absolute Gasteiger partial charge is 0.106 e. The molecule has 0 saturated carbocycles. The van der Waals surface area contributed by atoms with Crippen LogP contribution in [-0.4, -0.2) is 17.8 Å². The first-order valence-electron chi connectivity index (χ1n) is 2.77. The predicted octanol–water partition coefficient (Wildman–Crippen LogP) is 1.65. The maximum atomic E-state index is 5.29. The van der Waals surface area contributed by atoms with E-state index in [1.807, 2.05) is 17.8 Å². The molecule has 8 heavy (non-hydrogen) atoms. The Labute approximate surface area is 54.1 Å². The number of rotatable bonds is 2. The van der Waals surface area contributed by atoms with Gasteiger partial charge in [0.1, 0.15) is 5.44 Å². The van der Waals surface area contributed by atoms with Crippen molar-refractivity contribution in [2.24, 2.45) is 0 Å². The van der Waals surface area contributed by atoms with E-state index in [2.05, 4.69) is 6.58 Å². The zero-order chi connectivity index (χ0) is 5.82. The van der Waals surface area contributed by atoms with Crippen molar-refractivity contribution in [2.45, 2.75) is 11.9 Å². The van der Waals surface area contributed by atoms with Crippen molar-refractivity contribution in [3.05, 3.63) is 12.7 Å². The van der Waals surface area contributed by atoms with Crippen molar-refractivity contribution in [2.75, 3.05) is 12.4 Å². The largest absolute Gasteiger partial charge is 0.366 e. The Morgan fingerprint density at radius 3 is 3.25 bits per heavy atom. The van der Waals surface area contributed by atoms with Gasteiger partial charge < -0.3 is 4.74 Å². The van der Waals surface area contributed by atoms with E-state index >= 15 is 0 Å². The standard InChI is InChI=1S/C6H10OS/c1-2-3-6-7-4-5-8-6/h2,6H,1,3-5H2. The van der Waals surface area contributed by atoms with Crippen LogP contribution in [0, 0.1) is 0 Å². The van der Waals surface area contributed by atoms with Gasteiger partial charge in [0.2, 0.25) is 0 Å². The molecule has 0 spiro atoms. The molecule has 1 atom stereocenters. The first-order chi connectivity index (χ1) is 3.93. The zero-order valence-electron chi connectivity index (χ0n) is 4.80. The van der Waals surface area contributed by atoms with Gasteiger partial charge in [-0.3, -0.25) is 0 Å². The quantitative estimate of drug-likeness (QED) is 0.526. The zero-order valence-corrected chi connectivity index (χ0v) is 5.62. The Hall–Kier alpha value is 0.0500. The van der Waals surface area contributed by atoms with Crippen molar-refractivity contribution >= 4 is 11.8 Å². The SMILES string of the molecule is C=CCC1OCCS1. The fourth-order valence-electron chi connectivity index (χ4n) is 0.679. The number of hydrogen-bond donors (Lipinski definition) is 0.